The average molecular weight is 325 g/mol. The third-order valence-corrected chi connectivity index (χ3v) is 5.27. The van der Waals surface area contributed by atoms with Crippen molar-refractivity contribution in [3.8, 4) is 0 Å². The van der Waals surface area contributed by atoms with Crippen LogP contribution in [0.15, 0.2) is 0 Å². The standard InChI is InChI=1S/C16H27N3O2S/c1-11(2)15-17-12(3)14(22-15)16(20)19-8-9-21-13(10-19)6-7-18(4)5/h11,13H,6-10H2,1-5H3. The highest BCUT2D eigenvalue weighted by atomic mass is 32.1. The zero-order valence-corrected chi connectivity index (χ0v) is 15.1. The minimum absolute atomic E-state index is 0.111. The minimum atomic E-state index is 0.111. The molecule has 0 aromatic carbocycles. The van der Waals surface area contributed by atoms with Crippen LogP contribution in [0.2, 0.25) is 0 Å². The summed E-state index contributed by atoms with van der Waals surface area (Å²) in [5.74, 6) is 0.475. The molecule has 22 heavy (non-hydrogen) atoms. The lowest BCUT2D eigenvalue weighted by Gasteiger charge is -2.33. The maximum Gasteiger partial charge on any atom is 0.266 e. The van der Waals surface area contributed by atoms with Crippen LogP contribution in [-0.2, 0) is 4.74 Å². The Kier molecular flexibility index (Phi) is 5.94. The Morgan fingerprint density at radius 1 is 1.50 bits per heavy atom. The largest absolute Gasteiger partial charge is 0.374 e. The number of nitrogens with zero attached hydrogens (tertiary/aromatic N) is 3. The number of hydrogen-bond donors (Lipinski definition) is 0. The molecule has 0 saturated carbocycles. The van der Waals surface area contributed by atoms with Gasteiger partial charge in [-0.1, -0.05) is 13.8 Å². The van der Waals surface area contributed by atoms with Gasteiger partial charge in [-0.05, 0) is 27.4 Å². The molecule has 2 heterocycles. The lowest BCUT2D eigenvalue weighted by atomic mass is 10.2. The van der Waals surface area contributed by atoms with Gasteiger partial charge >= 0.3 is 0 Å². The van der Waals surface area contributed by atoms with Gasteiger partial charge in [0.25, 0.3) is 5.91 Å². The van der Waals surface area contributed by atoms with Crippen LogP contribution in [0.1, 0.15) is 46.6 Å². The summed E-state index contributed by atoms with van der Waals surface area (Å²) in [7, 11) is 4.11. The number of carbonyl (C=O) groups excluding carboxylic acids is 1. The van der Waals surface area contributed by atoms with E-state index in [0.717, 1.165) is 28.5 Å². The second-order valence-electron chi connectivity index (χ2n) is 6.46. The first-order valence-electron chi connectivity index (χ1n) is 7.91. The fourth-order valence-electron chi connectivity index (χ4n) is 2.49. The fraction of sp³-hybridized carbons (Fsp3) is 0.750. The van der Waals surface area contributed by atoms with Crippen molar-refractivity contribution in [2.24, 2.45) is 0 Å². The zero-order chi connectivity index (χ0) is 16.3. The fourth-order valence-corrected chi connectivity index (χ4v) is 3.52. The van der Waals surface area contributed by atoms with Crippen molar-refractivity contribution in [3.63, 3.8) is 0 Å². The number of carbonyl (C=O) groups is 1. The monoisotopic (exact) mass is 325 g/mol. The van der Waals surface area contributed by atoms with Gasteiger partial charge in [-0.3, -0.25) is 4.79 Å². The lowest BCUT2D eigenvalue weighted by molar-refractivity contribution is -0.0268. The molecule has 1 aromatic heterocycles. The number of hydrogen-bond acceptors (Lipinski definition) is 5. The van der Waals surface area contributed by atoms with Gasteiger partial charge in [0.2, 0.25) is 0 Å². The molecular formula is C16H27N3O2S. The minimum Gasteiger partial charge on any atom is -0.374 e. The van der Waals surface area contributed by atoms with Gasteiger partial charge in [0.05, 0.1) is 23.4 Å². The first kappa shape index (κ1) is 17.4. The molecule has 1 aliphatic rings. The van der Waals surface area contributed by atoms with Crippen LogP contribution in [0.25, 0.3) is 0 Å². The quantitative estimate of drug-likeness (QED) is 0.834. The molecule has 1 atom stereocenters. The van der Waals surface area contributed by atoms with Crippen LogP contribution in [0.3, 0.4) is 0 Å². The maximum atomic E-state index is 12.8. The molecule has 1 saturated heterocycles. The number of rotatable bonds is 5. The van der Waals surface area contributed by atoms with Crippen molar-refractivity contribution >= 4 is 17.2 Å². The van der Waals surface area contributed by atoms with Crippen molar-refractivity contribution in [3.05, 3.63) is 15.6 Å². The first-order valence-corrected chi connectivity index (χ1v) is 8.73. The number of thiazole rings is 1. The van der Waals surface area contributed by atoms with Crippen LogP contribution < -0.4 is 0 Å². The predicted octanol–water partition coefficient (Wildman–Crippen LogP) is 2.37. The molecule has 1 aliphatic heterocycles. The van der Waals surface area contributed by atoms with Gasteiger partial charge in [-0.2, -0.15) is 0 Å². The number of morpholine rings is 1. The summed E-state index contributed by atoms with van der Waals surface area (Å²) in [4.78, 5) is 22.2. The summed E-state index contributed by atoms with van der Waals surface area (Å²) in [6.45, 7) is 9.10. The van der Waals surface area contributed by atoms with Gasteiger partial charge < -0.3 is 14.5 Å². The summed E-state index contributed by atoms with van der Waals surface area (Å²) in [6.07, 6.45) is 1.09. The van der Waals surface area contributed by atoms with E-state index < -0.39 is 0 Å². The summed E-state index contributed by atoms with van der Waals surface area (Å²) in [6, 6.07) is 0. The summed E-state index contributed by atoms with van der Waals surface area (Å²) in [5, 5.41) is 1.04. The van der Waals surface area contributed by atoms with Gasteiger partial charge in [-0.15, -0.1) is 11.3 Å². The van der Waals surface area contributed by atoms with Crippen molar-refractivity contribution < 1.29 is 9.53 Å². The Hall–Kier alpha value is -0.980. The molecule has 1 aromatic rings. The molecule has 1 amide bonds. The highest BCUT2D eigenvalue weighted by Crippen LogP contribution is 2.26. The van der Waals surface area contributed by atoms with Crippen LogP contribution in [0, 0.1) is 6.92 Å². The highest BCUT2D eigenvalue weighted by molar-refractivity contribution is 7.13. The van der Waals surface area contributed by atoms with E-state index in [1.807, 2.05) is 11.8 Å². The van der Waals surface area contributed by atoms with Crippen molar-refractivity contribution in [2.45, 2.75) is 39.2 Å². The summed E-state index contributed by atoms with van der Waals surface area (Å²) >= 11 is 1.54. The van der Waals surface area contributed by atoms with E-state index in [0.29, 0.717) is 25.6 Å². The molecule has 1 fully saturated rings. The third kappa shape index (κ3) is 4.27. The predicted molar refractivity (Wildman–Crippen MR) is 89.8 cm³/mol. The molecule has 0 spiro atoms. The molecule has 2 rings (SSSR count). The Morgan fingerprint density at radius 2 is 2.23 bits per heavy atom. The zero-order valence-electron chi connectivity index (χ0n) is 14.3. The number of ether oxygens (including phenoxy) is 1. The molecule has 5 nitrogen and oxygen atoms in total. The maximum absolute atomic E-state index is 12.8. The molecule has 0 N–H and O–H groups in total. The molecular weight excluding hydrogens is 298 g/mol. The normalized spacial score (nSPS) is 19.2. The van der Waals surface area contributed by atoms with Crippen LogP contribution in [0.4, 0.5) is 0 Å². The average Bonchev–Trinajstić information content (AvgIpc) is 2.87. The van der Waals surface area contributed by atoms with E-state index in [9.17, 15) is 4.79 Å². The summed E-state index contributed by atoms with van der Waals surface area (Å²) < 4.78 is 5.79. The highest BCUT2D eigenvalue weighted by Gasteiger charge is 2.27. The van der Waals surface area contributed by atoms with E-state index in [1.165, 1.54) is 11.3 Å². The van der Waals surface area contributed by atoms with Gasteiger partial charge in [-0.25, -0.2) is 4.98 Å². The van der Waals surface area contributed by atoms with Crippen LogP contribution >= 0.6 is 11.3 Å². The molecule has 0 bridgehead atoms. The van der Waals surface area contributed by atoms with E-state index >= 15 is 0 Å². The van der Waals surface area contributed by atoms with Crippen molar-refractivity contribution in [1.82, 2.24) is 14.8 Å². The Bertz CT molecular complexity index is 513. The molecule has 1 unspecified atom stereocenters. The van der Waals surface area contributed by atoms with Gasteiger partial charge in [0.15, 0.2) is 0 Å². The number of aromatic nitrogens is 1. The second-order valence-corrected chi connectivity index (χ2v) is 7.49. The number of amides is 1. The van der Waals surface area contributed by atoms with Crippen LogP contribution in [0.5, 0.6) is 0 Å². The van der Waals surface area contributed by atoms with Gasteiger partial charge in [0.1, 0.15) is 4.88 Å². The first-order chi connectivity index (χ1) is 10.4. The summed E-state index contributed by atoms with van der Waals surface area (Å²) in [5.41, 5.74) is 0.857. The van der Waals surface area contributed by atoms with Crippen LogP contribution in [-0.4, -0.2) is 67.1 Å². The molecule has 6 heteroatoms. The van der Waals surface area contributed by atoms with Crippen molar-refractivity contribution in [1.29, 1.82) is 0 Å². The smallest absolute Gasteiger partial charge is 0.266 e. The number of aryl methyl sites for hydroxylation is 1. The van der Waals surface area contributed by atoms with E-state index in [4.69, 9.17) is 4.74 Å². The van der Waals surface area contributed by atoms with E-state index in [-0.39, 0.29) is 12.0 Å². The molecule has 124 valence electrons. The third-order valence-electron chi connectivity index (χ3n) is 3.83. The van der Waals surface area contributed by atoms with Gasteiger partial charge in [0, 0.05) is 25.6 Å². The Labute approximate surface area is 137 Å². The lowest BCUT2D eigenvalue weighted by Crippen LogP contribution is -2.46. The molecule has 0 aliphatic carbocycles. The van der Waals surface area contributed by atoms with E-state index in [2.05, 4.69) is 37.8 Å². The Balaban J connectivity index is 2.02. The SMILES string of the molecule is Cc1nc(C(C)C)sc1C(=O)N1CCOC(CCN(C)C)C1. The molecule has 0 radical (unpaired) electrons. The van der Waals surface area contributed by atoms with Crippen molar-refractivity contribution in [2.75, 3.05) is 40.3 Å². The second kappa shape index (κ2) is 7.53. The Morgan fingerprint density at radius 3 is 2.82 bits per heavy atom. The van der Waals surface area contributed by atoms with E-state index in [1.54, 1.807) is 0 Å². The topological polar surface area (TPSA) is 45.7 Å².